The number of hydrogen-bond donors (Lipinski definition) is 2. The van der Waals surface area contributed by atoms with E-state index in [0.29, 0.717) is 10.9 Å². The molecule has 0 radical (unpaired) electrons. The summed E-state index contributed by atoms with van der Waals surface area (Å²) in [4.78, 5) is 22.5. The van der Waals surface area contributed by atoms with Gasteiger partial charge in [0.25, 0.3) is 5.70 Å². The Labute approximate surface area is 137 Å². The van der Waals surface area contributed by atoms with Gasteiger partial charge in [0.15, 0.2) is 0 Å². The number of allylic oxidation sites excluding steroid dienone is 3. The van der Waals surface area contributed by atoms with Crippen LogP contribution in [-0.2, 0) is 0 Å². The maximum atomic E-state index is 12.1. The smallest absolute Gasteiger partial charge is 0.360 e. The van der Waals surface area contributed by atoms with Crippen molar-refractivity contribution in [1.29, 1.82) is 0 Å². The quantitative estimate of drug-likeness (QED) is 0.377. The fourth-order valence-electron chi connectivity index (χ4n) is 2.20. The second kappa shape index (κ2) is 6.82. The van der Waals surface area contributed by atoms with Crippen LogP contribution in [0, 0.1) is 17.0 Å². The van der Waals surface area contributed by atoms with E-state index in [4.69, 9.17) is 4.42 Å². The van der Waals surface area contributed by atoms with Crippen molar-refractivity contribution < 1.29 is 14.4 Å². The highest BCUT2D eigenvalue weighted by molar-refractivity contribution is 5.85. The Morgan fingerprint density at radius 3 is 2.79 bits per heavy atom. The molecule has 2 N–H and O–H groups in total. The molecule has 0 bridgehead atoms. The first-order valence-corrected chi connectivity index (χ1v) is 7.04. The number of hydrogen-bond acceptors (Lipinski definition) is 6. The minimum Gasteiger partial charge on any atom is -0.508 e. The van der Waals surface area contributed by atoms with Gasteiger partial charge >= 0.3 is 5.63 Å². The average Bonchev–Trinajstić information content (AvgIpc) is 2.50. The number of fused-ring (bicyclic) bond motifs is 1. The number of phenolic OH excluding ortho intramolecular Hbond substituents is 1. The lowest BCUT2D eigenvalue weighted by molar-refractivity contribution is -0.419. The van der Waals surface area contributed by atoms with E-state index in [1.54, 1.807) is 19.9 Å². The summed E-state index contributed by atoms with van der Waals surface area (Å²) in [6.07, 6.45) is 4.08. The summed E-state index contributed by atoms with van der Waals surface area (Å²) < 4.78 is 5.17. The molecule has 0 saturated carbocycles. The third-order valence-electron chi connectivity index (χ3n) is 3.31. The van der Waals surface area contributed by atoms with E-state index < -0.39 is 10.5 Å². The molecule has 2 aromatic rings. The molecule has 7 nitrogen and oxygen atoms in total. The lowest BCUT2D eigenvalue weighted by Gasteiger charge is -2.10. The summed E-state index contributed by atoms with van der Waals surface area (Å²) in [5, 5.41) is 23.8. The zero-order valence-corrected chi connectivity index (χ0v) is 13.2. The topological polar surface area (TPSA) is 106 Å². The highest BCUT2D eigenvalue weighted by atomic mass is 16.6. The molecule has 0 aliphatic rings. The number of anilines is 1. The molecule has 124 valence electrons. The van der Waals surface area contributed by atoms with Crippen molar-refractivity contribution in [2.24, 2.45) is 0 Å². The molecule has 0 unspecified atom stereocenters. The summed E-state index contributed by atoms with van der Waals surface area (Å²) in [5.41, 5.74) is 0.330. The zero-order valence-electron chi connectivity index (χ0n) is 13.2. The monoisotopic (exact) mass is 328 g/mol. The molecular weight excluding hydrogens is 312 g/mol. The van der Waals surface area contributed by atoms with Gasteiger partial charge in [-0.05, 0) is 31.5 Å². The highest BCUT2D eigenvalue weighted by Crippen LogP contribution is 2.26. The second-order valence-electron chi connectivity index (χ2n) is 5.05. The molecule has 0 atom stereocenters. The van der Waals surface area contributed by atoms with Crippen LogP contribution < -0.4 is 10.9 Å². The second-order valence-corrected chi connectivity index (χ2v) is 5.05. The molecule has 0 saturated heterocycles. The van der Waals surface area contributed by atoms with Crippen molar-refractivity contribution >= 4 is 16.7 Å². The number of nitro groups is 1. The molecule has 0 spiro atoms. The Morgan fingerprint density at radius 1 is 1.46 bits per heavy atom. The van der Waals surface area contributed by atoms with Crippen molar-refractivity contribution in [3.05, 3.63) is 80.5 Å². The fourth-order valence-corrected chi connectivity index (χ4v) is 2.20. The van der Waals surface area contributed by atoms with Gasteiger partial charge in [0.1, 0.15) is 17.0 Å². The molecule has 0 fully saturated rings. The van der Waals surface area contributed by atoms with Crippen LogP contribution in [0.4, 0.5) is 5.69 Å². The SMILES string of the molecule is C=C(/C=C(\C=C/C)[N+](=O)[O-])Nc1c(C)c2ccc(O)cc2oc1=O. The molecule has 2 rings (SSSR count). The van der Waals surface area contributed by atoms with Crippen LogP contribution in [0.2, 0.25) is 0 Å². The molecular formula is C17H16N2O5. The third kappa shape index (κ3) is 3.52. The van der Waals surface area contributed by atoms with Crippen LogP contribution in [0.1, 0.15) is 12.5 Å². The summed E-state index contributed by atoms with van der Waals surface area (Å²) in [6, 6.07) is 4.44. The van der Waals surface area contributed by atoms with Crippen molar-refractivity contribution in [3.8, 4) is 5.75 Å². The van der Waals surface area contributed by atoms with Gasteiger partial charge in [-0.25, -0.2) is 4.79 Å². The minimum absolute atomic E-state index is 0.0138. The fraction of sp³-hybridized carbons (Fsp3) is 0.118. The summed E-state index contributed by atoms with van der Waals surface area (Å²) in [7, 11) is 0. The number of benzene rings is 1. The van der Waals surface area contributed by atoms with Crippen molar-refractivity contribution in [2.45, 2.75) is 13.8 Å². The van der Waals surface area contributed by atoms with E-state index in [1.807, 2.05) is 0 Å². The van der Waals surface area contributed by atoms with Crippen molar-refractivity contribution in [3.63, 3.8) is 0 Å². The minimum atomic E-state index is -0.658. The molecule has 1 aromatic carbocycles. The van der Waals surface area contributed by atoms with Crippen LogP contribution in [0.5, 0.6) is 5.75 Å². The number of phenols is 1. The van der Waals surface area contributed by atoms with Crippen LogP contribution in [0.25, 0.3) is 11.0 Å². The van der Waals surface area contributed by atoms with E-state index in [0.717, 1.165) is 0 Å². The first-order valence-electron chi connectivity index (χ1n) is 7.04. The maximum Gasteiger partial charge on any atom is 0.360 e. The van der Waals surface area contributed by atoms with E-state index in [2.05, 4.69) is 11.9 Å². The Morgan fingerprint density at radius 2 is 2.17 bits per heavy atom. The molecule has 0 amide bonds. The zero-order chi connectivity index (χ0) is 17.9. The molecule has 0 aliphatic carbocycles. The van der Waals surface area contributed by atoms with E-state index >= 15 is 0 Å². The van der Waals surface area contributed by atoms with Gasteiger partial charge in [-0.1, -0.05) is 12.7 Å². The van der Waals surface area contributed by atoms with Crippen LogP contribution in [0.15, 0.2) is 63.6 Å². The van der Waals surface area contributed by atoms with E-state index in [9.17, 15) is 20.0 Å². The predicted molar refractivity (Wildman–Crippen MR) is 91.5 cm³/mol. The van der Waals surface area contributed by atoms with Crippen LogP contribution in [0.3, 0.4) is 0 Å². The molecule has 1 aromatic heterocycles. The standard InChI is InChI=1S/C17H16N2O5/c1-4-5-12(19(22)23)8-10(2)18-16-11(3)14-7-6-13(20)9-15(14)24-17(16)21/h4-9,18,20H,2H2,1,3H3/b5-4-,12-8+. The lowest BCUT2D eigenvalue weighted by atomic mass is 10.1. The molecule has 1 heterocycles. The predicted octanol–water partition coefficient (Wildman–Crippen LogP) is 3.47. The summed E-state index contributed by atoms with van der Waals surface area (Å²) in [5.74, 6) is -0.0138. The van der Waals surface area contributed by atoms with Gasteiger partial charge in [-0.3, -0.25) is 10.1 Å². The number of aromatic hydroxyl groups is 1. The Kier molecular flexibility index (Phi) is 4.84. The first kappa shape index (κ1) is 17.0. The van der Waals surface area contributed by atoms with Gasteiger partial charge in [0.2, 0.25) is 0 Å². The Balaban J connectivity index is 2.45. The molecule has 24 heavy (non-hydrogen) atoms. The van der Waals surface area contributed by atoms with Gasteiger partial charge in [0, 0.05) is 29.3 Å². The van der Waals surface area contributed by atoms with Crippen LogP contribution in [-0.4, -0.2) is 10.0 Å². The average molecular weight is 328 g/mol. The van der Waals surface area contributed by atoms with Gasteiger partial charge in [0.05, 0.1) is 4.92 Å². The summed E-state index contributed by atoms with van der Waals surface area (Å²) in [6.45, 7) is 7.05. The number of nitrogens with one attached hydrogen (secondary N) is 1. The van der Waals surface area contributed by atoms with E-state index in [-0.39, 0.29) is 28.4 Å². The normalized spacial score (nSPS) is 11.8. The van der Waals surface area contributed by atoms with Crippen LogP contribution >= 0.6 is 0 Å². The number of nitrogens with zero attached hydrogens (tertiary/aromatic N) is 1. The summed E-state index contributed by atoms with van der Waals surface area (Å²) >= 11 is 0. The molecule has 7 heteroatoms. The van der Waals surface area contributed by atoms with Gasteiger partial charge in [-0.15, -0.1) is 0 Å². The number of aryl methyl sites for hydroxylation is 1. The van der Waals surface area contributed by atoms with E-state index in [1.165, 1.54) is 30.4 Å². The number of rotatable bonds is 5. The third-order valence-corrected chi connectivity index (χ3v) is 3.31. The van der Waals surface area contributed by atoms with Crippen molar-refractivity contribution in [1.82, 2.24) is 0 Å². The highest BCUT2D eigenvalue weighted by Gasteiger charge is 2.13. The Bertz CT molecular complexity index is 938. The molecule has 0 aliphatic heterocycles. The van der Waals surface area contributed by atoms with Gasteiger partial charge in [-0.2, -0.15) is 0 Å². The maximum absolute atomic E-state index is 12.1. The van der Waals surface area contributed by atoms with Crippen molar-refractivity contribution in [2.75, 3.05) is 5.32 Å². The van der Waals surface area contributed by atoms with Gasteiger partial charge < -0.3 is 14.8 Å². The first-order chi connectivity index (χ1) is 11.3. The lowest BCUT2D eigenvalue weighted by Crippen LogP contribution is -2.12. The largest absolute Gasteiger partial charge is 0.508 e. The Hall–Kier alpha value is -3.35.